The number of carbonyl (C=O) groups is 1. The molecule has 3 N–H and O–H groups in total. The number of hydrogen-bond donors (Lipinski definition) is 3. The average Bonchev–Trinajstić information content (AvgIpc) is 2.64. The normalized spacial score (nSPS) is 10.9. The molecule has 0 unspecified atom stereocenters. The number of carbonyl (C=O) groups excluding carboxylic acids is 1. The average molecular weight is 484 g/mol. The Morgan fingerprint density at radius 2 is 1.44 bits per heavy atom. The highest BCUT2D eigenvalue weighted by molar-refractivity contribution is 14.0. The Morgan fingerprint density at radius 3 is 1.89 bits per heavy atom. The molecule has 2 aromatic carbocycles. The van der Waals surface area contributed by atoms with Crippen LogP contribution in [0.5, 0.6) is 0 Å². The van der Waals surface area contributed by atoms with Crippen LogP contribution in [0.2, 0.25) is 0 Å². The van der Waals surface area contributed by atoms with Crippen molar-refractivity contribution in [3.05, 3.63) is 65.5 Å². The minimum Gasteiger partial charge on any atom is -0.352 e. The molecular weight excluding hydrogens is 458 g/mol. The molecule has 0 heterocycles. The fourth-order valence-electron chi connectivity index (χ4n) is 2.19. The van der Waals surface area contributed by atoms with E-state index in [-0.39, 0.29) is 41.6 Å². The minimum absolute atomic E-state index is 0. The molecule has 1 amide bonds. The Balaban J connectivity index is 0.00000364. The van der Waals surface area contributed by atoms with Crippen LogP contribution < -0.4 is 16.0 Å². The van der Waals surface area contributed by atoms with Crippen LogP contribution in [0.1, 0.15) is 25.0 Å². The number of guanidine groups is 1. The van der Waals surface area contributed by atoms with Gasteiger partial charge in [-0.25, -0.2) is 4.39 Å². The lowest BCUT2D eigenvalue weighted by molar-refractivity contribution is -0.118. The van der Waals surface area contributed by atoms with E-state index in [1.807, 2.05) is 38.1 Å². The second-order valence-corrected chi connectivity index (χ2v) is 6.25. The zero-order chi connectivity index (χ0) is 18.9. The second kappa shape index (κ2) is 11.5. The van der Waals surface area contributed by atoms with Crippen LogP contribution in [0.15, 0.2) is 53.5 Å². The lowest BCUT2D eigenvalue weighted by Crippen LogP contribution is -2.36. The fraction of sp³-hybridized carbons (Fsp3) is 0.300. The van der Waals surface area contributed by atoms with Gasteiger partial charge in [0.2, 0.25) is 5.91 Å². The number of hydrogen-bond acceptors (Lipinski definition) is 2. The van der Waals surface area contributed by atoms with Gasteiger partial charge in [-0.05, 0) is 35.4 Å². The summed E-state index contributed by atoms with van der Waals surface area (Å²) >= 11 is 0. The standard InChI is InChI=1S/C20H25FN4O.HI/c1-14(2)19(26)25-18-10-6-16(7-11-18)13-24-20(22-3)23-12-15-4-8-17(21)9-5-15;/h4-11,14H,12-13H2,1-3H3,(H,25,26)(H2,22,23,24);1H. The highest BCUT2D eigenvalue weighted by Crippen LogP contribution is 2.11. The first-order chi connectivity index (χ1) is 12.5. The van der Waals surface area contributed by atoms with E-state index in [2.05, 4.69) is 20.9 Å². The molecule has 2 rings (SSSR count). The molecule has 0 aliphatic carbocycles. The lowest BCUT2D eigenvalue weighted by Gasteiger charge is -2.13. The summed E-state index contributed by atoms with van der Waals surface area (Å²) in [5.74, 6) is 0.365. The van der Waals surface area contributed by atoms with E-state index in [0.717, 1.165) is 16.8 Å². The van der Waals surface area contributed by atoms with Crippen LogP contribution in [-0.4, -0.2) is 18.9 Å². The van der Waals surface area contributed by atoms with Gasteiger partial charge >= 0.3 is 0 Å². The second-order valence-electron chi connectivity index (χ2n) is 6.25. The van der Waals surface area contributed by atoms with E-state index in [9.17, 15) is 9.18 Å². The highest BCUT2D eigenvalue weighted by Gasteiger charge is 2.06. The SMILES string of the molecule is CN=C(NCc1ccc(F)cc1)NCc1ccc(NC(=O)C(C)C)cc1.I. The molecule has 0 aliphatic rings. The maximum absolute atomic E-state index is 12.9. The largest absolute Gasteiger partial charge is 0.352 e. The Hall–Kier alpha value is -2.16. The molecule has 7 heteroatoms. The van der Waals surface area contributed by atoms with Crippen molar-refractivity contribution in [2.45, 2.75) is 26.9 Å². The molecule has 0 spiro atoms. The maximum Gasteiger partial charge on any atom is 0.226 e. The number of aliphatic imine (C=N–C) groups is 1. The quantitative estimate of drug-likeness (QED) is 0.331. The van der Waals surface area contributed by atoms with Gasteiger partial charge in [0.15, 0.2) is 5.96 Å². The van der Waals surface area contributed by atoms with Crippen molar-refractivity contribution in [2.75, 3.05) is 12.4 Å². The van der Waals surface area contributed by atoms with Gasteiger partial charge in [-0.1, -0.05) is 38.1 Å². The summed E-state index contributed by atoms with van der Waals surface area (Å²) in [6.07, 6.45) is 0. The van der Waals surface area contributed by atoms with Gasteiger partial charge < -0.3 is 16.0 Å². The molecule has 0 fully saturated rings. The Labute approximate surface area is 176 Å². The van der Waals surface area contributed by atoms with Crippen LogP contribution in [0.25, 0.3) is 0 Å². The van der Waals surface area contributed by atoms with Gasteiger partial charge in [-0.2, -0.15) is 0 Å². The van der Waals surface area contributed by atoms with Crippen molar-refractivity contribution in [2.24, 2.45) is 10.9 Å². The smallest absolute Gasteiger partial charge is 0.226 e. The Morgan fingerprint density at radius 1 is 0.963 bits per heavy atom. The predicted molar refractivity (Wildman–Crippen MR) is 119 cm³/mol. The van der Waals surface area contributed by atoms with Crippen LogP contribution in [0.4, 0.5) is 10.1 Å². The molecule has 0 radical (unpaired) electrons. The van der Waals surface area contributed by atoms with Crippen molar-refractivity contribution in [3.63, 3.8) is 0 Å². The van der Waals surface area contributed by atoms with Crippen molar-refractivity contribution >= 4 is 41.5 Å². The molecule has 0 saturated carbocycles. The first kappa shape index (κ1) is 22.9. The Kier molecular flexibility index (Phi) is 9.77. The molecule has 0 atom stereocenters. The zero-order valence-electron chi connectivity index (χ0n) is 15.8. The molecule has 146 valence electrons. The third-order valence-electron chi connectivity index (χ3n) is 3.80. The third kappa shape index (κ3) is 7.94. The van der Waals surface area contributed by atoms with E-state index in [1.165, 1.54) is 12.1 Å². The molecule has 0 bridgehead atoms. The Bertz CT molecular complexity index is 746. The summed E-state index contributed by atoms with van der Waals surface area (Å²) in [6.45, 7) is 4.87. The molecule has 2 aromatic rings. The summed E-state index contributed by atoms with van der Waals surface area (Å²) in [5.41, 5.74) is 2.82. The van der Waals surface area contributed by atoms with Gasteiger partial charge in [0.1, 0.15) is 5.82 Å². The molecule has 0 saturated heterocycles. The number of amides is 1. The minimum atomic E-state index is -0.246. The topological polar surface area (TPSA) is 65.5 Å². The summed E-state index contributed by atoms with van der Waals surface area (Å²) < 4.78 is 12.9. The number of nitrogens with one attached hydrogen (secondary N) is 3. The van der Waals surface area contributed by atoms with Gasteiger partial charge in [-0.3, -0.25) is 9.79 Å². The van der Waals surface area contributed by atoms with E-state index < -0.39 is 0 Å². The number of benzene rings is 2. The number of halogens is 2. The summed E-state index contributed by atoms with van der Waals surface area (Å²) in [7, 11) is 1.70. The maximum atomic E-state index is 12.9. The number of rotatable bonds is 6. The van der Waals surface area contributed by atoms with Gasteiger partial charge in [-0.15, -0.1) is 24.0 Å². The molecule has 0 aromatic heterocycles. The van der Waals surface area contributed by atoms with Crippen molar-refractivity contribution in [1.29, 1.82) is 0 Å². The van der Waals surface area contributed by atoms with E-state index in [4.69, 9.17) is 0 Å². The zero-order valence-corrected chi connectivity index (χ0v) is 18.1. The van der Waals surface area contributed by atoms with E-state index in [1.54, 1.807) is 19.2 Å². The third-order valence-corrected chi connectivity index (χ3v) is 3.80. The van der Waals surface area contributed by atoms with Gasteiger partial charge in [0.25, 0.3) is 0 Å². The molecule has 27 heavy (non-hydrogen) atoms. The van der Waals surface area contributed by atoms with Crippen LogP contribution in [0, 0.1) is 11.7 Å². The van der Waals surface area contributed by atoms with E-state index in [0.29, 0.717) is 19.0 Å². The predicted octanol–water partition coefficient (Wildman–Crippen LogP) is 3.90. The molecular formula is C20H26FIN4O. The number of anilines is 1. The highest BCUT2D eigenvalue weighted by atomic mass is 127. The van der Waals surface area contributed by atoms with Crippen LogP contribution in [-0.2, 0) is 17.9 Å². The molecule has 0 aliphatic heterocycles. The lowest BCUT2D eigenvalue weighted by atomic mass is 10.1. The summed E-state index contributed by atoms with van der Waals surface area (Å²) in [6, 6.07) is 14.0. The van der Waals surface area contributed by atoms with Crippen molar-refractivity contribution in [3.8, 4) is 0 Å². The number of nitrogens with zero attached hydrogens (tertiary/aromatic N) is 1. The van der Waals surface area contributed by atoms with Gasteiger partial charge in [0.05, 0.1) is 0 Å². The summed E-state index contributed by atoms with van der Waals surface area (Å²) in [5, 5.41) is 9.27. The van der Waals surface area contributed by atoms with Crippen molar-refractivity contribution < 1.29 is 9.18 Å². The van der Waals surface area contributed by atoms with Crippen LogP contribution >= 0.6 is 24.0 Å². The summed E-state index contributed by atoms with van der Waals surface area (Å²) in [4.78, 5) is 15.9. The fourth-order valence-corrected chi connectivity index (χ4v) is 2.19. The van der Waals surface area contributed by atoms with Gasteiger partial charge in [0, 0.05) is 31.7 Å². The van der Waals surface area contributed by atoms with E-state index >= 15 is 0 Å². The van der Waals surface area contributed by atoms with Crippen LogP contribution in [0.3, 0.4) is 0 Å². The molecule has 5 nitrogen and oxygen atoms in total. The first-order valence-corrected chi connectivity index (χ1v) is 8.56. The first-order valence-electron chi connectivity index (χ1n) is 8.56. The monoisotopic (exact) mass is 484 g/mol. The van der Waals surface area contributed by atoms with Crippen molar-refractivity contribution in [1.82, 2.24) is 10.6 Å².